The Bertz CT molecular complexity index is 739. The highest BCUT2D eigenvalue weighted by Crippen LogP contribution is 2.60. The van der Waals surface area contributed by atoms with Crippen molar-refractivity contribution < 1.29 is 56.4 Å². The minimum atomic E-state index is -6.02. The van der Waals surface area contributed by atoms with Gasteiger partial charge in [-0.3, -0.25) is 9.35 Å². The van der Waals surface area contributed by atoms with Gasteiger partial charge in [-0.05, 0) is 49.9 Å². The normalized spacial score (nSPS) is 35.6. The first-order chi connectivity index (χ1) is 13.2. The Morgan fingerprint density at radius 3 is 2.21 bits per heavy atom. The second kappa shape index (κ2) is 7.32. The lowest BCUT2D eigenvalue weighted by Gasteiger charge is -2.57. The second-order valence-corrected chi connectivity index (χ2v) is 9.92. The van der Waals surface area contributed by atoms with Crippen LogP contribution in [0, 0.1) is 23.2 Å². The highest BCUT2D eigenvalue weighted by atomic mass is 32.2. The number of aliphatic hydroxyl groups is 4. The molecule has 0 spiro atoms. The molecule has 4 saturated carbocycles. The number of esters is 1. The van der Waals surface area contributed by atoms with Crippen molar-refractivity contribution in [2.75, 3.05) is 13.2 Å². The maximum atomic E-state index is 13.5. The van der Waals surface area contributed by atoms with Crippen molar-refractivity contribution in [2.45, 2.75) is 55.5 Å². The summed E-state index contributed by atoms with van der Waals surface area (Å²) in [6.07, 6.45) is -4.24. The van der Waals surface area contributed by atoms with Crippen LogP contribution in [0.1, 0.15) is 32.1 Å². The predicted octanol–water partition coefficient (Wildman–Crippen LogP) is -0.787. The number of carbonyl (C=O) groups is 1. The van der Waals surface area contributed by atoms with Gasteiger partial charge in [0.2, 0.25) is 0 Å². The van der Waals surface area contributed by atoms with Gasteiger partial charge >= 0.3 is 27.3 Å². The van der Waals surface area contributed by atoms with Crippen LogP contribution in [-0.4, -0.2) is 76.0 Å². The maximum Gasteiger partial charge on any atom is 0.428 e. The van der Waals surface area contributed by atoms with Gasteiger partial charge in [0.05, 0.1) is 18.1 Å². The Morgan fingerprint density at radius 1 is 1.14 bits per heavy atom. The van der Waals surface area contributed by atoms with Crippen molar-refractivity contribution in [2.24, 2.45) is 23.2 Å². The fourth-order valence-electron chi connectivity index (χ4n) is 5.07. The van der Waals surface area contributed by atoms with Crippen LogP contribution < -0.4 is 0 Å². The molecule has 13 heteroatoms. The van der Waals surface area contributed by atoms with E-state index in [0.29, 0.717) is 25.2 Å². The smallest absolute Gasteiger partial charge is 0.428 e. The molecule has 0 aliphatic heterocycles. The van der Waals surface area contributed by atoms with Gasteiger partial charge in [-0.1, -0.05) is 0 Å². The number of alkyl halides is 2. The minimum Gasteiger partial charge on any atom is -0.462 e. The summed E-state index contributed by atoms with van der Waals surface area (Å²) in [5, 5.41) is 32.8. The van der Waals surface area contributed by atoms with E-state index in [9.17, 15) is 32.2 Å². The SMILES string of the molecule is O=C(OCC(O)COC(F)(F)C(O)(O)S(=O)(=O)O)C12CC3CC(C1)C(O)C(C3)C2. The Labute approximate surface area is 165 Å². The van der Waals surface area contributed by atoms with E-state index >= 15 is 0 Å². The summed E-state index contributed by atoms with van der Waals surface area (Å²) in [6.45, 7) is -2.05. The van der Waals surface area contributed by atoms with Gasteiger partial charge in [0.1, 0.15) is 12.7 Å². The van der Waals surface area contributed by atoms with E-state index in [-0.39, 0.29) is 11.8 Å². The standard InChI is InChI=1S/C16H24F2O10S/c17-15(18,16(22,23)29(24,25)26)28-7-11(19)6-27-13(21)14-3-8-1-9(4-14)12(20)10(2-8)5-14/h8-12,19-20,22-23H,1-7H2,(H,24,25,26). The number of hydrogen-bond donors (Lipinski definition) is 5. The number of hydrogen-bond acceptors (Lipinski definition) is 9. The molecule has 0 amide bonds. The van der Waals surface area contributed by atoms with E-state index in [4.69, 9.17) is 19.5 Å². The molecule has 29 heavy (non-hydrogen) atoms. The highest BCUT2D eigenvalue weighted by Gasteiger charge is 2.63. The molecule has 4 aliphatic carbocycles. The highest BCUT2D eigenvalue weighted by molar-refractivity contribution is 7.86. The van der Waals surface area contributed by atoms with Gasteiger partial charge in [-0.25, -0.2) is 0 Å². The molecule has 4 fully saturated rings. The zero-order chi connectivity index (χ0) is 21.8. The van der Waals surface area contributed by atoms with Crippen LogP contribution in [-0.2, 0) is 24.4 Å². The monoisotopic (exact) mass is 446 g/mol. The van der Waals surface area contributed by atoms with Crippen molar-refractivity contribution in [3.05, 3.63) is 0 Å². The van der Waals surface area contributed by atoms with Crippen molar-refractivity contribution in [1.29, 1.82) is 0 Å². The number of rotatable bonds is 8. The number of halogens is 2. The summed E-state index contributed by atoms with van der Waals surface area (Å²) >= 11 is 0. The molecule has 3 unspecified atom stereocenters. The summed E-state index contributed by atoms with van der Waals surface area (Å²) in [7, 11) is -6.02. The van der Waals surface area contributed by atoms with Crippen LogP contribution in [0.3, 0.4) is 0 Å². The molecule has 0 radical (unpaired) electrons. The first-order valence-corrected chi connectivity index (χ1v) is 10.6. The van der Waals surface area contributed by atoms with E-state index < -0.39 is 58.2 Å². The molecular formula is C16H24F2O10S. The molecule has 0 aromatic rings. The van der Waals surface area contributed by atoms with E-state index in [1.807, 2.05) is 0 Å². The Kier molecular flexibility index (Phi) is 5.74. The Balaban J connectivity index is 1.52. The molecule has 4 bridgehead atoms. The van der Waals surface area contributed by atoms with Crippen LogP contribution in [0.2, 0.25) is 0 Å². The van der Waals surface area contributed by atoms with E-state index in [0.717, 1.165) is 12.8 Å². The fourth-order valence-corrected chi connectivity index (χ4v) is 5.42. The molecule has 0 aromatic carbocycles. The molecular weight excluding hydrogens is 422 g/mol. The lowest BCUT2D eigenvalue weighted by Crippen LogP contribution is -2.57. The first kappa shape index (κ1) is 22.7. The average Bonchev–Trinajstić information content (AvgIpc) is 2.60. The predicted molar refractivity (Wildman–Crippen MR) is 88.6 cm³/mol. The van der Waals surface area contributed by atoms with Crippen LogP contribution in [0.5, 0.6) is 0 Å². The zero-order valence-electron chi connectivity index (χ0n) is 15.3. The largest absolute Gasteiger partial charge is 0.462 e. The van der Waals surface area contributed by atoms with Gasteiger partial charge in [-0.2, -0.15) is 17.2 Å². The van der Waals surface area contributed by atoms with E-state index in [1.165, 1.54) is 0 Å². The van der Waals surface area contributed by atoms with Crippen LogP contribution in [0.15, 0.2) is 0 Å². The molecule has 5 N–H and O–H groups in total. The van der Waals surface area contributed by atoms with Gasteiger partial charge in [0, 0.05) is 0 Å². The third-order valence-corrected chi connectivity index (χ3v) is 7.22. The van der Waals surface area contributed by atoms with Gasteiger partial charge < -0.3 is 29.9 Å². The van der Waals surface area contributed by atoms with Crippen LogP contribution in [0.25, 0.3) is 0 Å². The molecule has 168 valence electrons. The van der Waals surface area contributed by atoms with Gasteiger partial charge in [0.15, 0.2) is 0 Å². The van der Waals surface area contributed by atoms with Crippen molar-refractivity contribution >= 4 is 16.1 Å². The van der Waals surface area contributed by atoms with Crippen molar-refractivity contribution in [3.8, 4) is 0 Å². The first-order valence-electron chi connectivity index (χ1n) is 9.15. The molecule has 4 rings (SSSR count). The minimum absolute atomic E-state index is 0.00316. The van der Waals surface area contributed by atoms with E-state index in [1.54, 1.807) is 0 Å². The topological polar surface area (TPSA) is 171 Å². The molecule has 10 nitrogen and oxygen atoms in total. The Morgan fingerprint density at radius 2 is 1.69 bits per heavy atom. The zero-order valence-corrected chi connectivity index (χ0v) is 16.1. The maximum absolute atomic E-state index is 13.5. The third kappa shape index (κ3) is 4.01. The van der Waals surface area contributed by atoms with Crippen LogP contribution >= 0.6 is 0 Å². The summed E-state index contributed by atoms with van der Waals surface area (Å²) in [5.74, 6) is -0.295. The quantitative estimate of drug-likeness (QED) is 0.181. The summed E-state index contributed by atoms with van der Waals surface area (Å²) in [6, 6.07) is 0. The molecule has 0 heterocycles. The van der Waals surface area contributed by atoms with Gasteiger partial charge in [0.25, 0.3) is 0 Å². The fraction of sp³-hybridized carbons (Fsp3) is 0.938. The molecule has 0 aromatic heterocycles. The van der Waals surface area contributed by atoms with Crippen molar-refractivity contribution in [3.63, 3.8) is 0 Å². The number of carbonyl (C=O) groups excluding carboxylic acids is 1. The second-order valence-electron chi connectivity index (χ2n) is 8.40. The van der Waals surface area contributed by atoms with E-state index in [2.05, 4.69) is 4.74 Å². The average molecular weight is 446 g/mol. The summed E-state index contributed by atoms with van der Waals surface area (Å²) < 4.78 is 65.5. The summed E-state index contributed by atoms with van der Waals surface area (Å²) in [4.78, 5) is 12.6. The molecule has 4 aliphatic rings. The van der Waals surface area contributed by atoms with Crippen molar-refractivity contribution in [1.82, 2.24) is 0 Å². The number of aliphatic hydroxyl groups excluding tert-OH is 2. The Hall–Kier alpha value is -0.960. The molecule has 3 atom stereocenters. The van der Waals surface area contributed by atoms with Crippen LogP contribution in [0.4, 0.5) is 8.78 Å². The number of ether oxygens (including phenoxy) is 2. The third-order valence-electron chi connectivity index (χ3n) is 6.26. The lowest BCUT2D eigenvalue weighted by molar-refractivity contribution is -0.365. The summed E-state index contributed by atoms with van der Waals surface area (Å²) in [5.41, 5.74) is -0.781. The lowest BCUT2D eigenvalue weighted by atomic mass is 9.48. The van der Waals surface area contributed by atoms with Gasteiger partial charge in [-0.15, -0.1) is 0 Å². The molecule has 0 saturated heterocycles.